The third-order valence-electron chi connectivity index (χ3n) is 7.19. The van der Waals surface area contributed by atoms with Crippen molar-refractivity contribution in [3.8, 4) is 11.5 Å². The van der Waals surface area contributed by atoms with E-state index in [0.717, 1.165) is 18.4 Å². The Morgan fingerprint density at radius 3 is 1.33 bits per heavy atom. The molecule has 3 rings (SSSR count). The Hall–Kier alpha value is -2.51. The molecule has 0 spiro atoms. The van der Waals surface area contributed by atoms with Crippen molar-refractivity contribution in [1.29, 1.82) is 0 Å². The van der Waals surface area contributed by atoms with Crippen LogP contribution in [-0.4, -0.2) is 0 Å². The first-order valence-corrected chi connectivity index (χ1v) is 17.0. The van der Waals surface area contributed by atoms with Gasteiger partial charge < -0.3 is 9.05 Å². The molecule has 3 aromatic rings. The standard InChI is InChI=1S/C35H49O3P/c1-3-5-7-9-11-14-18-31-22-26-34(27-23-31)37-39(36,30-33-20-16-13-17-21-33)38-35-28-24-32(25-29-35)19-15-12-10-8-6-4-2/h13,16-17,20-29H,3-12,14-15,18-19,30H2,1-2H3. The van der Waals surface area contributed by atoms with Crippen molar-refractivity contribution >= 4 is 7.60 Å². The molecule has 3 nitrogen and oxygen atoms in total. The van der Waals surface area contributed by atoms with Crippen LogP contribution >= 0.6 is 7.60 Å². The smallest absolute Gasteiger partial charge is 0.416 e. The van der Waals surface area contributed by atoms with Gasteiger partial charge in [0.05, 0.1) is 6.16 Å². The molecule has 0 unspecified atom stereocenters. The van der Waals surface area contributed by atoms with Gasteiger partial charge in [0.25, 0.3) is 0 Å². The van der Waals surface area contributed by atoms with Crippen LogP contribution < -0.4 is 9.05 Å². The second-order valence-corrected chi connectivity index (χ2v) is 12.7. The highest BCUT2D eigenvalue weighted by Crippen LogP contribution is 2.51. The molecule has 0 fully saturated rings. The lowest BCUT2D eigenvalue weighted by Crippen LogP contribution is -2.04. The zero-order chi connectivity index (χ0) is 27.6. The SMILES string of the molecule is CCCCCCCCc1ccc(OP(=O)(Cc2ccccc2)Oc2ccc(CCCCCCCC)cc2)cc1. The zero-order valence-electron chi connectivity index (χ0n) is 24.3. The number of unbranched alkanes of at least 4 members (excludes halogenated alkanes) is 10. The fraction of sp³-hybridized carbons (Fsp3) is 0.486. The van der Waals surface area contributed by atoms with Gasteiger partial charge in [0.2, 0.25) is 0 Å². The summed E-state index contributed by atoms with van der Waals surface area (Å²) in [6.07, 6.45) is 17.8. The van der Waals surface area contributed by atoms with Crippen LogP contribution in [0.5, 0.6) is 11.5 Å². The predicted molar refractivity (Wildman–Crippen MR) is 166 cm³/mol. The van der Waals surface area contributed by atoms with Crippen molar-refractivity contribution in [1.82, 2.24) is 0 Å². The van der Waals surface area contributed by atoms with Gasteiger partial charge in [-0.1, -0.05) is 133 Å². The Bertz CT molecular complexity index is 1010. The van der Waals surface area contributed by atoms with E-state index in [1.165, 1.54) is 88.2 Å². The Morgan fingerprint density at radius 2 is 0.897 bits per heavy atom. The van der Waals surface area contributed by atoms with Gasteiger partial charge in [-0.15, -0.1) is 0 Å². The van der Waals surface area contributed by atoms with Crippen LogP contribution in [0.25, 0.3) is 0 Å². The van der Waals surface area contributed by atoms with Gasteiger partial charge in [-0.05, 0) is 66.6 Å². The molecule has 0 N–H and O–H groups in total. The lowest BCUT2D eigenvalue weighted by molar-refractivity contribution is 0.384. The second kappa shape index (κ2) is 18.0. The van der Waals surface area contributed by atoms with Gasteiger partial charge in [0.15, 0.2) is 0 Å². The Labute approximate surface area is 237 Å². The van der Waals surface area contributed by atoms with Crippen molar-refractivity contribution in [3.63, 3.8) is 0 Å². The number of aryl methyl sites for hydroxylation is 2. The van der Waals surface area contributed by atoms with Crippen LogP contribution in [0.1, 0.15) is 108 Å². The molecule has 0 atom stereocenters. The summed E-state index contributed by atoms with van der Waals surface area (Å²) in [6.45, 7) is 4.50. The summed E-state index contributed by atoms with van der Waals surface area (Å²) in [5, 5.41) is 0. The van der Waals surface area contributed by atoms with Crippen LogP contribution in [0.4, 0.5) is 0 Å². The highest BCUT2D eigenvalue weighted by molar-refractivity contribution is 7.53. The van der Waals surface area contributed by atoms with Gasteiger partial charge in [0, 0.05) is 0 Å². The van der Waals surface area contributed by atoms with Crippen LogP contribution in [0.2, 0.25) is 0 Å². The molecule has 0 aromatic heterocycles. The first-order chi connectivity index (χ1) is 19.1. The molecule has 0 amide bonds. The molecule has 0 bridgehead atoms. The summed E-state index contributed by atoms with van der Waals surface area (Å²) in [6, 6.07) is 25.9. The van der Waals surface area contributed by atoms with Crippen molar-refractivity contribution < 1.29 is 13.6 Å². The fourth-order valence-corrected chi connectivity index (χ4v) is 6.57. The van der Waals surface area contributed by atoms with Crippen LogP contribution in [-0.2, 0) is 23.6 Å². The maximum Gasteiger partial charge on any atom is 0.435 e. The monoisotopic (exact) mass is 548 g/mol. The van der Waals surface area contributed by atoms with Gasteiger partial charge in [-0.2, -0.15) is 0 Å². The second-order valence-electron chi connectivity index (χ2n) is 10.8. The maximum absolute atomic E-state index is 14.0. The Morgan fingerprint density at radius 1 is 0.487 bits per heavy atom. The molecule has 4 heteroatoms. The zero-order valence-corrected chi connectivity index (χ0v) is 25.2. The summed E-state index contributed by atoms with van der Waals surface area (Å²) in [5.74, 6) is 1.17. The molecule has 3 aromatic carbocycles. The van der Waals surface area contributed by atoms with E-state index in [9.17, 15) is 4.57 Å². The average Bonchev–Trinajstić information content (AvgIpc) is 2.95. The summed E-state index contributed by atoms with van der Waals surface area (Å²) >= 11 is 0. The Balaban J connectivity index is 1.58. The molecule has 0 saturated heterocycles. The van der Waals surface area contributed by atoms with E-state index in [2.05, 4.69) is 38.1 Å². The van der Waals surface area contributed by atoms with Crippen molar-refractivity contribution in [3.05, 3.63) is 95.6 Å². The summed E-state index contributed by atoms with van der Waals surface area (Å²) in [5.41, 5.74) is 3.51. The third kappa shape index (κ3) is 12.5. The first-order valence-electron chi connectivity index (χ1n) is 15.3. The van der Waals surface area contributed by atoms with Crippen LogP contribution in [0.3, 0.4) is 0 Å². The molecule has 0 radical (unpaired) electrons. The summed E-state index contributed by atoms with van der Waals surface area (Å²) in [4.78, 5) is 0. The molecule has 0 heterocycles. The summed E-state index contributed by atoms with van der Waals surface area (Å²) < 4.78 is 26.3. The largest absolute Gasteiger partial charge is 0.435 e. The van der Waals surface area contributed by atoms with Gasteiger partial charge in [0.1, 0.15) is 11.5 Å². The lowest BCUT2D eigenvalue weighted by atomic mass is 10.1. The van der Waals surface area contributed by atoms with E-state index in [1.54, 1.807) is 0 Å². The first kappa shape index (κ1) is 31.0. The normalized spacial score (nSPS) is 11.4. The number of rotatable bonds is 20. The summed E-state index contributed by atoms with van der Waals surface area (Å²) in [7, 11) is -3.49. The third-order valence-corrected chi connectivity index (χ3v) is 8.92. The minimum Gasteiger partial charge on any atom is -0.416 e. The van der Waals surface area contributed by atoms with Crippen LogP contribution in [0.15, 0.2) is 78.9 Å². The Kier molecular flexibility index (Phi) is 14.3. The molecule has 212 valence electrons. The van der Waals surface area contributed by atoms with Crippen LogP contribution in [0, 0.1) is 0 Å². The fourth-order valence-electron chi connectivity index (χ4n) is 4.86. The van der Waals surface area contributed by atoms with Crippen molar-refractivity contribution in [2.45, 2.75) is 110 Å². The van der Waals surface area contributed by atoms with Crippen molar-refractivity contribution in [2.24, 2.45) is 0 Å². The van der Waals surface area contributed by atoms with Gasteiger partial charge in [-0.25, -0.2) is 4.57 Å². The number of hydrogen-bond donors (Lipinski definition) is 0. The van der Waals surface area contributed by atoms with E-state index in [-0.39, 0.29) is 6.16 Å². The molecule has 39 heavy (non-hydrogen) atoms. The number of hydrogen-bond acceptors (Lipinski definition) is 3. The molecular formula is C35H49O3P. The maximum atomic E-state index is 14.0. The van der Waals surface area contributed by atoms with E-state index in [4.69, 9.17) is 9.05 Å². The topological polar surface area (TPSA) is 35.5 Å². The minimum atomic E-state index is -3.49. The van der Waals surface area contributed by atoms with E-state index < -0.39 is 7.60 Å². The molecular weight excluding hydrogens is 499 g/mol. The quantitative estimate of drug-likeness (QED) is 0.104. The van der Waals surface area contributed by atoms with Crippen molar-refractivity contribution in [2.75, 3.05) is 0 Å². The lowest BCUT2D eigenvalue weighted by Gasteiger charge is -2.20. The highest BCUT2D eigenvalue weighted by Gasteiger charge is 2.29. The van der Waals surface area contributed by atoms with Gasteiger partial charge in [-0.3, -0.25) is 0 Å². The molecule has 0 aliphatic rings. The predicted octanol–water partition coefficient (Wildman–Crippen LogP) is 11.3. The van der Waals surface area contributed by atoms with E-state index >= 15 is 0 Å². The molecule has 0 aliphatic carbocycles. The minimum absolute atomic E-state index is 0.215. The van der Waals surface area contributed by atoms with E-state index in [1.807, 2.05) is 54.6 Å². The molecule has 0 saturated carbocycles. The van der Waals surface area contributed by atoms with Gasteiger partial charge >= 0.3 is 7.60 Å². The molecule has 0 aliphatic heterocycles. The number of benzene rings is 3. The average molecular weight is 549 g/mol. The highest BCUT2D eigenvalue weighted by atomic mass is 31.2. The van der Waals surface area contributed by atoms with E-state index in [0.29, 0.717) is 11.5 Å².